The number of nitrogens with one attached hydrogen (secondary N) is 2. The molecule has 0 aliphatic carbocycles. The van der Waals surface area contributed by atoms with E-state index in [1.807, 2.05) is 31.4 Å². The van der Waals surface area contributed by atoms with Crippen LogP contribution in [0.5, 0.6) is 0 Å². The van der Waals surface area contributed by atoms with Gasteiger partial charge in [0.15, 0.2) is 16.7 Å². The van der Waals surface area contributed by atoms with Crippen LogP contribution in [-0.2, 0) is 6.54 Å². The first-order chi connectivity index (χ1) is 9.33. The van der Waals surface area contributed by atoms with Crippen LogP contribution in [0.4, 0.5) is 0 Å². The van der Waals surface area contributed by atoms with Crippen LogP contribution in [0.1, 0.15) is 19.5 Å². The summed E-state index contributed by atoms with van der Waals surface area (Å²) < 4.78 is 5.32. The maximum absolute atomic E-state index is 5.32. The van der Waals surface area contributed by atoms with Crippen molar-refractivity contribution in [3.8, 4) is 10.8 Å². The fourth-order valence-electron chi connectivity index (χ4n) is 1.56. The molecule has 0 atom stereocenters. The van der Waals surface area contributed by atoms with Gasteiger partial charge in [0.1, 0.15) is 0 Å². The molecular formula is C13H19IN4OS. The van der Waals surface area contributed by atoms with Crippen molar-refractivity contribution < 1.29 is 4.42 Å². The van der Waals surface area contributed by atoms with Gasteiger partial charge in [-0.25, -0.2) is 9.98 Å². The van der Waals surface area contributed by atoms with Gasteiger partial charge in [-0.1, -0.05) is 0 Å². The van der Waals surface area contributed by atoms with Crippen LogP contribution in [0.2, 0.25) is 0 Å². The minimum atomic E-state index is 0. The van der Waals surface area contributed by atoms with Gasteiger partial charge in [0.25, 0.3) is 0 Å². The maximum atomic E-state index is 5.32. The highest BCUT2D eigenvalue weighted by molar-refractivity contribution is 14.0. The lowest BCUT2D eigenvalue weighted by molar-refractivity contribution is 0.581. The van der Waals surface area contributed by atoms with E-state index in [9.17, 15) is 0 Å². The van der Waals surface area contributed by atoms with E-state index in [0.29, 0.717) is 6.54 Å². The van der Waals surface area contributed by atoms with E-state index >= 15 is 0 Å². The molecule has 0 aliphatic rings. The van der Waals surface area contributed by atoms with Gasteiger partial charge in [-0.3, -0.25) is 0 Å². The molecule has 2 rings (SSSR count). The number of thiazole rings is 1. The van der Waals surface area contributed by atoms with E-state index in [2.05, 4.69) is 20.6 Å². The topological polar surface area (TPSA) is 62.5 Å². The second-order valence-electron chi connectivity index (χ2n) is 3.85. The molecule has 0 fully saturated rings. The van der Waals surface area contributed by atoms with Gasteiger partial charge >= 0.3 is 0 Å². The molecule has 0 radical (unpaired) electrons. The molecule has 2 aromatic heterocycles. The maximum Gasteiger partial charge on any atom is 0.191 e. The van der Waals surface area contributed by atoms with E-state index in [0.717, 1.165) is 35.5 Å². The Hall–Kier alpha value is -1.09. The van der Waals surface area contributed by atoms with Crippen LogP contribution in [0.3, 0.4) is 0 Å². The van der Waals surface area contributed by atoms with E-state index in [1.54, 1.807) is 17.6 Å². The smallest absolute Gasteiger partial charge is 0.191 e. The van der Waals surface area contributed by atoms with Gasteiger partial charge in [-0.2, -0.15) is 0 Å². The molecule has 0 saturated carbocycles. The summed E-state index contributed by atoms with van der Waals surface area (Å²) in [4.78, 5) is 8.98. The van der Waals surface area contributed by atoms with Crippen LogP contribution in [0, 0.1) is 0 Å². The van der Waals surface area contributed by atoms with Crippen LogP contribution in [0.25, 0.3) is 10.8 Å². The van der Waals surface area contributed by atoms with Crippen LogP contribution < -0.4 is 10.6 Å². The van der Waals surface area contributed by atoms with E-state index in [-0.39, 0.29) is 24.0 Å². The Balaban J connectivity index is 0.00000200. The van der Waals surface area contributed by atoms with Crippen LogP contribution in [0.15, 0.2) is 33.2 Å². The summed E-state index contributed by atoms with van der Waals surface area (Å²) in [7, 11) is 0. The Morgan fingerprint density at radius 1 is 1.35 bits per heavy atom. The minimum Gasteiger partial charge on any atom is -0.462 e. The summed E-state index contributed by atoms with van der Waals surface area (Å²) in [5.74, 6) is 1.62. The Kier molecular flexibility index (Phi) is 7.60. The number of nitrogens with zero attached hydrogens (tertiary/aromatic N) is 2. The lowest BCUT2D eigenvalue weighted by Crippen LogP contribution is -2.36. The molecule has 110 valence electrons. The van der Waals surface area contributed by atoms with Crippen molar-refractivity contribution in [2.75, 3.05) is 13.1 Å². The minimum absolute atomic E-state index is 0. The zero-order valence-corrected chi connectivity index (χ0v) is 14.7. The van der Waals surface area contributed by atoms with E-state index < -0.39 is 0 Å². The fraction of sp³-hybridized carbons (Fsp3) is 0.385. The molecule has 20 heavy (non-hydrogen) atoms. The van der Waals surface area contributed by atoms with Crippen LogP contribution >= 0.6 is 35.3 Å². The van der Waals surface area contributed by atoms with Gasteiger partial charge in [-0.15, -0.1) is 35.3 Å². The molecule has 2 heterocycles. The highest BCUT2D eigenvalue weighted by Crippen LogP contribution is 2.24. The third kappa shape index (κ3) is 4.78. The molecule has 0 aromatic carbocycles. The molecule has 0 saturated heterocycles. The van der Waals surface area contributed by atoms with Crippen molar-refractivity contribution in [2.45, 2.75) is 20.4 Å². The number of hydrogen-bond donors (Lipinski definition) is 2. The lowest BCUT2D eigenvalue weighted by atomic mass is 10.4. The molecule has 7 heteroatoms. The van der Waals surface area contributed by atoms with Gasteiger partial charge < -0.3 is 15.1 Å². The summed E-state index contributed by atoms with van der Waals surface area (Å²) in [6, 6.07) is 3.78. The third-order valence-corrected chi connectivity index (χ3v) is 3.28. The summed E-state index contributed by atoms with van der Waals surface area (Å²) in [5, 5.41) is 9.27. The monoisotopic (exact) mass is 406 g/mol. The SMILES string of the molecule is CCNC(=NCc1csc(-c2ccco2)n1)NCC.I. The molecule has 0 aliphatic heterocycles. The largest absolute Gasteiger partial charge is 0.462 e. The van der Waals surface area contributed by atoms with Crippen molar-refractivity contribution in [2.24, 2.45) is 4.99 Å². The highest BCUT2D eigenvalue weighted by atomic mass is 127. The lowest BCUT2D eigenvalue weighted by Gasteiger charge is -2.08. The predicted octanol–water partition coefficient (Wildman–Crippen LogP) is 3.10. The van der Waals surface area contributed by atoms with E-state index in [1.165, 1.54) is 0 Å². The number of hydrogen-bond acceptors (Lipinski definition) is 4. The van der Waals surface area contributed by atoms with Gasteiger partial charge in [0.05, 0.1) is 18.5 Å². The second-order valence-corrected chi connectivity index (χ2v) is 4.70. The number of halogens is 1. The summed E-state index contributed by atoms with van der Waals surface area (Å²) in [5.41, 5.74) is 0.949. The summed E-state index contributed by atoms with van der Waals surface area (Å²) in [6.45, 7) is 6.35. The number of aliphatic imine (C=N–C) groups is 1. The highest BCUT2D eigenvalue weighted by Gasteiger charge is 2.06. The molecule has 2 aromatic rings. The molecule has 2 N–H and O–H groups in total. The van der Waals surface area contributed by atoms with Crippen molar-refractivity contribution in [1.29, 1.82) is 0 Å². The summed E-state index contributed by atoms with van der Waals surface area (Å²) >= 11 is 1.57. The molecule has 5 nitrogen and oxygen atoms in total. The molecule has 0 amide bonds. The quantitative estimate of drug-likeness (QED) is 0.455. The number of aromatic nitrogens is 1. The van der Waals surface area contributed by atoms with Gasteiger partial charge in [-0.05, 0) is 26.0 Å². The zero-order chi connectivity index (χ0) is 13.5. The first-order valence-electron chi connectivity index (χ1n) is 6.34. The van der Waals surface area contributed by atoms with Crippen molar-refractivity contribution in [1.82, 2.24) is 15.6 Å². The second kappa shape index (κ2) is 8.96. The van der Waals surface area contributed by atoms with Crippen molar-refractivity contribution in [3.05, 3.63) is 29.5 Å². The van der Waals surface area contributed by atoms with Gasteiger partial charge in [0, 0.05) is 18.5 Å². The predicted molar refractivity (Wildman–Crippen MR) is 93.7 cm³/mol. The standard InChI is InChI=1S/C13H18N4OS.HI/c1-3-14-13(15-4-2)16-8-10-9-19-12(17-10)11-6-5-7-18-11;/h5-7,9H,3-4,8H2,1-2H3,(H2,14,15,16);1H. The van der Waals surface area contributed by atoms with Crippen molar-refractivity contribution in [3.63, 3.8) is 0 Å². The molecule has 0 spiro atoms. The molecular weight excluding hydrogens is 387 g/mol. The normalized spacial score (nSPS) is 9.70. The third-order valence-electron chi connectivity index (χ3n) is 2.37. The van der Waals surface area contributed by atoms with Crippen molar-refractivity contribution >= 4 is 41.3 Å². The number of rotatable bonds is 5. The average Bonchev–Trinajstić information content (AvgIpc) is 3.07. The number of furan rings is 1. The first kappa shape index (κ1) is 17.0. The van der Waals surface area contributed by atoms with Crippen LogP contribution in [-0.4, -0.2) is 24.0 Å². The molecule has 0 bridgehead atoms. The Morgan fingerprint density at radius 3 is 2.70 bits per heavy atom. The average molecular weight is 406 g/mol. The molecule has 0 unspecified atom stereocenters. The Morgan fingerprint density at radius 2 is 2.10 bits per heavy atom. The Bertz CT molecular complexity index is 516. The number of guanidine groups is 1. The van der Waals surface area contributed by atoms with Gasteiger partial charge in [0.2, 0.25) is 0 Å². The Labute approximate surface area is 139 Å². The first-order valence-corrected chi connectivity index (χ1v) is 7.22. The fourth-order valence-corrected chi connectivity index (χ4v) is 2.34. The zero-order valence-electron chi connectivity index (χ0n) is 11.5. The summed E-state index contributed by atoms with van der Waals surface area (Å²) in [6.07, 6.45) is 1.66. The van der Waals surface area contributed by atoms with E-state index in [4.69, 9.17) is 4.42 Å².